The van der Waals surface area contributed by atoms with Crippen LogP contribution in [0.15, 0.2) is 12.4 Å². The molecule has 0 aliphatic carbocycles. The van der Waals surface area contributed by atoms with E-state index in [0.29, 0.717) is 11.7 Å². The highest BCUT2D eigenvalue weighted by molar-refractivity contribution is 5.44. The zero-order chi connectivity index (χ0) is 11.7. The van der Waals surface area contributed by atoms with Gasteiger partial charge < -0.3 is 10.6 Å². The molecule has 90 valence electrons. The number of hydrogen-bond donors (Lipinski definition) is 2. The molecule has 1 aliphatic rings. The molecule has 1 fully saturated rings. The summed E-state index contributed by atoms with van der Waals surface area (Å²) in [5.74, 6) is 2.32. The number of hydrogen-bond acceptors (Lipinski definition) is 5. The largest absolute Gasteiger partial charge is 0.370 e. The average Bonchev–Trinajstić information content (AvgIpc) is 2.95. The van der Waals surface area contributed by atoms with Crippen molar-refractivity contribution >= 4 is 11.6 Å². The van der Waals surface area contributed by atoms with Crippen molar-refractivity contribution in [2.75, 3.05) is 25.0 Å². The monoisotopic (exact) mass is 232 g/mol. The van der Waals surface area contributed by atoms with E-state index in [1.165, 1.54) is 12.7 Å². The predicted molar refractivity (Wildman–Crippen MR) is 65.0 cm³/mol. The van der Waals surface area contributed by atoms with Crippen LogP contribution in [-0.2, 0) is 0 Å². The van der Waals surface area contributed by atoms with Crippen molar-refractivity contribution in [1.82, 2.24) is 24.9 Å². The van der Waals surface area contributed by atoms with E-state index in [1.807, 2.05) is 13.0 Å². The molecule has 2 N–H and O–H groups in total. The highest BCUT2D eigenvalue weighted by atomic mass is 15.3. The summed E-state index contributed by atoms with van der Waals surface area (Å²) in [4.78, 5) is 8.42. The molecule has 1 saturated heterocycles. The van der Waals surface area contributed by atoms with Gasteiger partial charge in [0, 0.05) is 18.3 Å². The lowest BCUT2D eigenvalue weighted by Gasteiger charge is -2.12. The van der Waals surface area contributed by atoms with Crippen LogP contribution in [-0.4, -0.2) is 39.2 Å². The molecule has 17 heavy (non-hydrogen) atoms. The van der Waals surface area contributed by atoms with E-state index < -0.39 is 0 Å². The van der Waals surface area contributed by atoms with Crippen molar-refractivity contribution in [2.24, 2.45) is 5.92 Å². The lowest BCUT2D eigenvalue weighted by atomic mass is 10.1. The van der Waals surface area contributed by atoms with Crippen molar-refractivity contribution in [2.45, 2.75) is 13.3 Å². The maximum atomic E-state index is 4.31. The van der Waals surface area contributed by atoms with Gasteiger partial charge in [-0.25, -0.2) is 4.98 Å². The molecule has 2 aromatic rings. The third kappa shape index (κ3) is 2.08. The van der Waals surface area contributed by atoms with Gasteiger partial charge in [-0.05, 0) is 32.4 Å². The molecular formula is C11H16N6. The predicted octanol–water partition coefficient (Wildman–Crippen LogP) is 0.454. The SMILES string of the molecule is Cc1cc(NCC2CCNC2)n2ncnc2n1. The molecule has 1 unspecified atom stereocenters. The van der Waals surface area contributed by atoms with Crippen molar-refractivity contribution in [3.05, 3.63) is 18.1 Å². The van der Waals surface area contributed by atoms with Gasteiger partial charge in [0.2, 0.25) is 0 Å². The molecule has 1 aliphatic heterocycles. The van der Waals surface area contributed by atoms with E-state index in [2.05, 4.69) is 25.7 Å². The number of aromatic nitrogens is 4. The van der Waals surface area contributed by atoms with Crippen LogP contribution in [0.5, 0.6) is 0 Å². The Balaban J connectivity index is 1.81. The maximum Gasteiger partial charge on any atom is 0.254 e. The van der Waals surface area contributed by atoms with Crippen molar-refractivity contribution in [1.29, 1.82) is 0 Å². The fourth-order valence-electron chi connectivity index (χ4n) is 2.19. The number of fused-ring (bicyclic) bond motifs is 1. The van der Waals surface area contributed by atoms with Crippen LogP contribution in [0.2, 0.25) is 0 Å². The Labute approximate surface area is 99.5 Å². The Kier molecular flexibility index (Phi) is 2.64. The number of nitrogens with one attached hydrogen (secondary N) is 2. The van der Waals surface area contributed by atoms with Gasteiger partial charge in [0.1, 0.15) is 12.1 Å². The molecule has 0 bridgehead atoms. The zero-order valence-electron chi connectivity index (χ0n) is 9.85. The average molecular weight is 232 g/mol. The molecule has 6 nitrogen and oxygen atoms in total. The number of rotatable bonds is 3. The first-order chi connectivity index (χ1) is 8.33. The van der Waals surface area contributed by atoms with E-state index in [1.54, 1.807) is 4.52 Å². The lowest BCUT2D eigenvalue weighted by molar-refractivity contribution is 0.612. The Hall–Kier alpha value is -1.69. The second kappa shape index (κ2) is 4.29. The Morgan fingerprint density at radius 2 is 2.53 bits per heavy atom. The summed E-state index contributed by atoms with van der Waals surface area (Å²) in [5, 5.41) is 11.0. The minimum Gasteiger partial charge on any atom is -0.370 e. The first-order valence-corrected chi connectivity index (χ1v) is 5.95. The van der Waals surface area contributed by atoms with E-state index in [-0.39, 0.29) is 0 Å². The molecule has 2 aromatic heterocycles. The quantitative estimate of drug-likeness (QED) is 0.804. The second-order valence-corrected chi connectivity index (χ2v) is 4.49. The normalized spacial score (nSPS) is 19.9. The van der Waals surface area contributed by atoms with Gasteiger partial charge in [0.15, 0.2) is 0 Å². The fraction of sp³-hybridized carbons (Fsp3) is 0.545. The third-order valence-electron chi connectivity index (χ3n) is 3.11. The summed E-state index contributed by atoms with van der Waals surface area (Å²) >= 11 is 0. The summed E-state index contributed by atoms with van der Waals surface area (Å²) in [5.41, 5.74) is 0.956. The summed E-state index contributed by atoms with van der Waals surface area (Å²) in [6.45, 7) is 5.15. The minimum atomic E-state index is 0.650. The fourth-order valence-corrected chi connectivity index (χ4v) is 2.19. The van der Waals surface area contributed by atoms with Gasteiger partial charge in [-0.2, -0.15) is 14.6 Å². The lowest BCUT2D eigenvalue weighted by Crippen LogP contribution is -2.18. The van der Waals surface area contributed by atoms with Gasteiger partial charge >= 0.3 is 0 Å². The van der Waals surface area contributed by atoms with Crippen LogP contribution in [0.25, 0.3) is 5.78 Å². The van der Waals surface area contributed by atoms with E-state index in [4.69, 9.17) is 0 Å². The standard InChI is InChI=1S/C11H16N6/c1-8-4-10(13-6-9-2-3-12-5-9)17-11(16-8)14-7-15-17/h4,7,9,12-13H,2-3,5-6H2,1H3. The Bertz CT molecular complexity index is 514. The van der Waals surface area contributed by atoms with Gasteiger partial charge in [0.25, 0.3) is 5.78 Å². The highest BCUT2D eigenvalue weighted by Crippen LogP contribution is 2.13. The maximum absolute atomic E-state index is 4.31. The summed E-state index contributed by atoms with van der Waals surface area (Å²) in [6, 6.07) is 2.00. The molecule has 0 radical (unpaired) electrons. The number of anilines is 1. The molecular weight excluding hydrogens is 216 g/mol. The van der Waals surface area contributed by atoms with Crippen LogP contribution in [0.1, 0.15) is 12.1 Å². The Morgan fingerprint density at radius 3 is 3.35 bits per heavy atom. The molecule has 1 atom stereocenters. The van der Waals surface area contributed by atoms with Gasteiger partial charge in [-0.3, -0.25) is 0 Å². The summed E-state index contributed by atoms with van der Waals surface area (Å²) in [7, 11) is 0. The molecule has 3 rings (SSSR count). The number of aryl methyl sites for hydroxylation is 1. The summed E-state index contributed by atoms with van der Waals surface area (Å²) in [6.07, 6.45) is 2.77. The molecule has 0 saturated carbocycles. The van der Waals surface area contributed by atoms with Gasteiger partial charge in [0.05, 0.1) is 0 Å². The van der Waals surface area contributed by atoms with E-state index >= 15 is 0 Å². The van der Waals surface area contributed by atoms with Crippen LogP contribution in [0, 0.1) is 12.8 Å². The smallest absolute Gasteiger partial charge is 0.254 e. The topological polar surface area (TPSA) is 67.1 Å². The van der Waals surface area contributed by atoms with Crippen LogP contribution >= 0.6 is 0 Å². The second-order valence-electron chi connectivity index (χ2n) is 4.49. The van der Waals surface area contributed by atoms with Gasteiger partial charge in [-0.15, -0.1) is 0 Å². The zero-order valence-corrected chi connectivity index (χ0v) is 9.85. The molecule has 6 heteroatoms. The molecule has 0 amide bonds. The number of nitrogens with zero attached hydrogens (tertiary/aromatic N) is 4. The van der Waals surface area contributed by atoms with Crippen molar-refractivity contribution in [3.63, 3.8) is 0 Å². The van der Waals surface area contributed by atoms with Crippen molar-refractivity contribution in [3.8, 4) is 0 Å². The third-order valence-corrected chi connectivity index (χ3v) is 3.11. The minimum absolute atomic E-state index is 0.650. The first kappa shape index (κ1) is 10.5. The molecule has 0 aromatic carbocycles. The Morgan fingerprint density at radius 1 is 1.59 bits per heavy atom. The molecule has 3 heterocycles. The first-order valence-electron chi connectivity index (χ1n) is 5.95. The van der Waals surface area contributed by atoms with Crippen LogP contribution < -0.4 is 10.6 Å². The van der Waals surface area contributed by atoms with Gasteiger partial charge in [-0.1, -0.05) is 0 Å². The summed E-state index contributed by atoms with van der Waals surface area (Å²) < 4.78 is 1.75. The highest BCUT2D eigenvalue weighted by Gasteiger charge is 2.14. The van der Waals surface area contributed by atoms with Crippen molar-refractivity contribution < 1.29 is 0 Å². The van der Waals surface area contributed by atoms with Crippen LogP contribution in [0.3, 0.4) is 0 Å². The van der Waals surface area contributed by atoms with Crippen LogP contribution in [0.4, 0.5) is 5.82 Å². The van der Waals surface area contributed by atoms with E-state index in [9.17, 15) is 0 Å². The van der Waals surface area contributed by atoms with E-state index in [0.717, 1.165) is 31.1 Å². The molecule has 0 spiro atoms.